The molecule has 170 valence electrons. The summed E-state index contributed by atoms with van der Waals surface area (Å²) in [5, 5.41) is 0. The highest BCUT2D eigenvalue weighted by Gasteiger charge is 2.08. The normalized spacial score (nSPS) is 14.9. The van der Waals surface area contributed by atoms with Crippen molar-refractivity contribution in [1.29, 1.82) is 0 Å². The second kappa shape index (κ2) is 21.7. The van der Waals surface area contributed by atoms with Crippen LogP contribution >= 0.6 is 0 Å². The van der Waals surface area contributed by atoms with E-state index in [1.807, 2.05) is 0 Å². The third-order valence-corrected chi connectivity index (χ3v) is 6.89. The SMILES string of the molecule is CCCCCCCCCCC(C)CCCC(C)CCCC(C)CCCCCC. The first kappa shape index (κ1) is 28.0. The Hall–Kier alpha value is 0. The van der Waals surface area contributed by atoms with Gasteiger partial charge in [-0.3, -0.25) is 0 Å². The van der Waals surface area contributed by atoms with E-state index in [1.165, 1.54) is 128 Å². The molecule has 3 atom stereocenters. The Morgan fingerprint density at radius 3 is 0.929 bits per heavy atom. The fourth-order valence-electron chi connectivity index (χ4n) is 4.61. The molecule has 28 heavy (non-hydrogen) atoms. The first-order valence-electron chi connectivity index (χ1n) is 13.6. The van der Waals surface area contributed by atoms with Crippen LogP contribution in [0.1, 0.15) is 163 Å². The van der Waals surface area contributed by atoms with Gasteiger partial charge in [0.2, 0.25) is 0 Å². The molecule has 0 heteroatoms. The average molecular weight is 395 g/mol. The average Bonchev–Trinajstić information content (AvgIpc) is 2.67. The molecule has 0 aliphatic carbocycles. The van der Waals surface area contributed by atoms with E-state index in [9.17, 15) is 0 Å². The number of hydrogen-bond acceptors (Lipinski definition) is 0. The Balaban J connectivity index is 3.41. The predicted molar refractivity (Wildman–Crippen MR) is 131 cm³/mol. The lowest BCUT2D eigenvalue weighted by atomic mass is 9.90. The summed E-state index contributed by atoms with van der Waals surface area (Å²) in [5.74, 6) is 2.86. The van der Waals surface area contributed by atoms with Crippen LogP contribution in [0.3, 0.4) is 0 Å². The van der Waals surface area contributed by atoms with Crippen LogP contribution in [0.15, 0.2) is 0 Å². The summed E-state index contributed by atoms with van der Waals surface area (Å²) in [7, 11) is 0. The highest BCUT2D eigenvalue weighted by atomic mass is 14.1. The zero-order chi connectivity index (χ0) is 20.9. The molecule has 0 aromatic rings. The van der Waals surface area contributed by atoms with Crippen LogP contribution in [0.5, 0.6) is 0 Å². The molecule has 0 bridgehead atoms. The minimum absolute atomic E-state index is 0.947. The molecule has 0 aromatic heterocycles. The van der Waals surface area contributed by atoms with Crippen LogP contribution in [0.2, 0.25) is 0 Å². The molecule has 0 nitrogen and oxygen atoms in total. The lowest BCUT2D eigenvalue weighted by Gasteiger charge is -2.16. The minimum atomic E-state index is 0.947. The molecule has 0 aromatic carbocycles. The molecular weight excluding hydrogens is 336 g/mol. The molecule has 0 fully saturated rings. The van der Waals surface area contributed by atoms with E-state index in [0.29, 0.717) is 0 Å². The van der Waals surface area contributed by atoms with Crippen LogP contribution in [0.4, 0.5) is 0 Å². The molecule has 0 radical (unpaired) electrons. The molecule has 0 amide bonds. The van der Waals surface area contributed by atoms with Gasteiger partial charge in [-0.25, -0.2) is 0 Å². The van der Waals surface area contributed by atoms with E-state index in [1.54, 1.807) is 0 Å². The first-order valence-corrected chi connectivity index (χ1v) is 13.6. The van der Waals surface area contributed by atoms with Gasteiger partial charge in [0.1, 0.15) is 0 Å². The van der Waals surface area contributed by atoms with E-state index in [4.69, 9.17) is 0 Å². The summed E-state index contributed by atoms with van der Waals surface area (Å²) < 4.78 is 0. The lowest BCUT2D eigenvalue weighted by molar-refractivity contribution is 0.374. The van der Waals surface area contributed by atoms with Gasteiger partial charge in [0.05, 0.1) is 0 Å². The van der Waals surface area contributed by atoms with Gasteiger partial charge in [0.15, 0.2) is 0 Å². The zero-order valence-electron chi connectivity index (χ0n) is 20.9. The van der Waals surface area contributed by atoms with Gasteiger partial charge in [-0.05, 0) is 17.8 Å². The molecule has 0 rings (SSSR count). The fourth-order valence-corrected chi connectivity index (χ4v) is 4.61. The van der Waals surface area contributed by atoms with Gasteiger partial charge in [0.25, 0.3) is 0 Å². The predicted octanol–water partition coefficient (Wildman–Crippen LogP) is 10.7. The minimum Gasteiger partial charge on any atom is -0.0654 e. The quantitative estimate of drug-likeness (QED) is 0.160. The summed E-state index contributed by atoms with van der Waals surface area (Å²) in [6.07, 6.45) is 29.1. The molecule has 0 N–H and O–H groups in total. The van der Waals surface area contributed by atoms with Crippen LogP contribution in [-0.4, -0.2) is 0 Å². The second-order valence-electron chi connectivity index (χ2n) is 10.3. The van der Waals surface area contributed by atoms with Crippen molar-refractivity contribution in [2.24, 2.45) is 17.8 Å². The maximum absolute atomic E-state index is 2.50. The number of unbranched alkanes of at least 4 members (excludes halogenated alkanes) is 10. The highest BCUT2D eigenvalue weighted by Crippen LogP contribution is 2.23. The third-order valence-electron chi connectivity index (χ3n) is 6.89. The van der Waals surface area contributed by atoms with Crippen LogP contribution in [0.25, 0.3) is 0 Å². The molecule has 0 spiro atoms. The lowest BCUT2D eigenvalue weighted by Crippen LogP contribution is -2.01. The van der Waals surface area contributed by atoms with Crippen molar-refractivity contribution in [3.05, 3.63) is 0 Å². The second-order valence-corrected chi connectivity index (χ2v) is 10.3. The Kier molecular flexibility index (Phi) is 21.7. The van der Waals surface area contributed by atoms with Gasteiger partial charge < -0.3 is 0 Å². The zero-order valence-corrected chi connectivity index (χ0v) is 20.9. The van der Waals surface area contributed by atoms with Crippen LogP contribution < -0.4 is 0 Å². The largest absolute Gasteiger partial charge is 0.0654 e. The van der Waals surface area contributed by atoms with Crippen molar-refractivity contribution < 1.29 is 0 Å². The molecule has 0 aliphatic rings. The smallest absolute Gasteiger partial charge is 0.0443 e. The van der Waals surface area contributed by atoms with Gasteiger partial charge in [-0.15, -0.1) is 0 Å². The molecule has 0 aliphatic heterocycles. The van der Waals surface area contributed by atoms with E-state index in [2.05, 4.69) is 34.6 Å². The van der Waals surface area contributed by atoms with Crippen molar-refractivity contribution in [3.8, 4) is 0 Å². The monoisotopic (exact) mass is 394 g/mol. The molecule has 0 saturated heterocycles. The topological polar surface area (TPSA) is 0 Å². The summed E-state index contributed by atoms with van der Waals surface area (Å²) in [6, 6.07) is 0. The van der Waals surface area contributed by atoms with E-state index >= 15 is 0 Å². The van der Waals surface area contributed by atoms with Gasteiger partial charge in [0, 0.05) is 0 Å². The van der Waals surface area contributed by atoms with Crippen molar-refractivity contribution in [2.75, 3.05) is 0 Å². The fraction of sp³-hybridized carbons (Fsp3) is 1.00. The van der Waals surface area contributed by atoms with Crippen molar-refractivity contribution in [2.45, 2.75) is 163 Å². The Morgan fingerprint density at radius 2 is 0.571 bits per heavy atom. The molecule has 0 heterocycles. The van der Waals surface area contributed by atoms with Gasteiger partial charge in [-0.2, -0.15) is 0 Å². The molecule has 0 saturated carbocycles. The summed E-state index contributed by atoms with van der Waals surface area (Å²) in [4.78, 5) is 0. The van der Waals surface area contributed by atoms with Crippen molar-refractivity contribution in [3.63, 3.8) is 0 Å². The highest BCUT2D eigenvalue weighted by molar-refractivity contribution is 4.61. The van der Waals surface area contributed by atoms with Crippen LogP contribution in [0, 0.1) is 17.8 Å². The molecular formula is C28H58. The Labute approximate surface area is 181 Å². The number of hydrogen-bond donors (Lipinski definition) is 0. The van der Waals surface area contributed by atoms with Gasteiger partial charge in [-0.1, -0.05) is 163 Å². The Bertz CT molecular complexity index is 282. The van der Waals surface area contributed by atoms with Crippen LogP contribution in [-0.2, 0) is 0 Å². The first-order chi connectivity index (χ1) is 13.6. The summed E-state index contributed by atoms with van der Waals surface area (Å²) in [5.41, 5.74) is 0. The van der Waals surface area contributed by atoms with E-state index < -0.39 is 0 Å². The van der Waals surface area contributed by atoms with E-state index in [-0.39, 0.29) is 0 Å². The van der Waals surface area contributed by atoms with E-state index in [0.717, 1.165) is 17.8 Å². The van der Waals surface area contributed by atoms with Crippen molar-refractivity contribution >= 4 is 0 Å². The maximum atomic E-state index is 2.50. The Morgan fingerprint density at radius 1 is 0.321 bits per heavy atom. The van der Waals surface area contributed by atoms with Crippen molar-refractivity contribution in [1.82, 2.24) is 0 Å². The number of rotatable bonds is 22. The third kappa shape index (κ3) is 20.7. The summed E-state index contributed by atoms with van der Waals surface area (Å²) in [6.45, 7) is 12.1. The summed E-state index contributed by atoms with van der Waals surface area (Å²) >= 11 is 0. The standard InChI is InChI=1S/C28H58/c1-6-8-10-12-13-14-15-17-21-27(4)23-19-25-28(5)24-18-22-26(3)20-16-11-9-7-2/h26-28H,6-25H2,1-5H3. The molecule has 3 unspecified atom stereocenters. The van der Waals surface area contributed by atoms with Gasteiger partial charge >= 0.3 is 0 Å². The maximum Gasteiger partial charge on any atom is -0.0443 e.